The van der Waals surface area contributed by atoms with Gasteiger partial charge in [0, 0.05) is 12.0 Å². The predicted molar refractivity (Wildman–Crippen MR) is 51.5 cm³/mol. The highest BCUT2D eigenvalue weighted by molar-refractivity contribution is 5.86. The monoisotopic (exact) mass is 216 g/mol. The van der Waals surface area contributed by atoms with Crippen molar-refractivity contribution in [2.24, 2.45) is 0 Å². The van der Waals surface area contributed by atoms with Crippen molar-refractivity contribution in [3.8, 4) is 0 Å². The highest BCUT2D eigenvalue weighted by Crippen LogP contribution is 2.12. The molecule has 0 N–H and O–H groups in total. The van der Waals surface area contributed by atoms with Crippen LogP contribution >= 0.6 is 0 Å². The third kappa shape index (κ3) is 4.92. The lowest BCUT2D eigenvalue weighted by Crippen LogP contribution is -2.22. The van der Waals surface area contributed by atoms with E-state index in [1.807, 2.05) is 0 Å². The van der Waals surface area contributed by atoms with Crippen LogP contribution in [0.5, 0.6) is 0 Å². The smallest absolute Gasteiger partial charge is 0.333 e. The Morgan fingerprint density at radius 3 is 3.00 bits per heavy atom. The summed E-state index contributed by atoms with van der Waals surface area (Å²) in [5.41, 5.74) is 0.417. The summed E-state index contributed by atoms with van der Waals surface area (Å²) in [4.78, 5) is 20.4. The van der Waals surface area contributed by atoms with Crippen molar-refractivity contribution in [3.63, 3.8) is 0 Å². The van der Waals surface area contributed by atoms with Gasteiger partial charge in [0.25, 0.3) is 0 Å². The van der Waals surface area contributed by atoms with E-state index in [0.717, 1.165) is 19.3 Å². The summed E-state index contributed by atoms with van der Waals surface area (Å²) >= 11 is 0. The number of carbonyl (C=O) groups is 1. The van der Waals surface area contributed by atoms with Crippen molar-refractivity contribution < 1.29 is 24.3 Å². The van der Waals surface area contributed by atoms with Crippen LogP contribution in [0.1, 0.15) is 26.2 Å². The van der Waals surface area contributed by atoms with Gasteiger partial charge in [-0.05, 0) is 19.8 Å². The second-order valence-electron chi connectivity index (χ2n) is 3.46. The fourth-order valence-electron chi connectivity index (χ4n) is 1.14. The van der Waals surface area contributed by atoms with Crippen molar-refractivity contribution in [2.75, 3.05) is 13.2 Å². The largest absolute Gasteiger partial charge is 0.462 e. The lowest BCUT2D eigenvalue weighted by atomic mass is 10.1. The van der Waals surface area contributed by atoms with E-state index in [2.05, 4.69) is 16.5 Å². The number of esters is 1. The molecule has 86 valence electrons. The Balaban J connectivity index is 2.01. The maximum atomic E-state index is 11.0. The van der Waals surface area contributed by atoms with Gasteiger partial charge < -0.3 is 4.74 Å². The van der Waals surface area contributed by atoms with E-state index in [9.17, 15) is 4.79 Å². The molecule has 0 radical (unpaired) electrons. The predicted octanol–water partition coefficient (Wildman–Crippen LogP) is 1.54. The third-order valence-corrected chi connectivity index (χ3v) is 2.00. The molecule has 0 aromatic carbocycles. The van der Waals surface area contributed by atoms with Crippen molar-refractivity contribution in [1.82, 2.24) is 0 Å². The van der Waals surface area contributed by atoms with Gasteiger partial charge in [-0.1, -0.05) is 11.6 Å². The quantitative estimate of drug-likeness (QED) is 0.302. The van der Waals surface area contributed by atoms with E-state index >= 15 is 0 Å². The molecule has 5 heteroatoms. The third-order valence-electron chi connectivity index (χ3n) is 2.00. The SMILES string of the molecule is C=C(C)C(=O)OCCCC1CCOOO1. The lowest BCUT2D eigenvalue weighted by molar-refractivity contribution is -0.549. The van der Waals surface area contributed by atoms with Gasteiger partial charge in [-0.15, -0.1) is 0 Å². The van der Waals surface area contributed by atoms with Gasteiger partial charge in [-0.3, -0.25) is 0 Å². The molecular weight excluding hydrogens is 200 g/mol. The summed E-state index contributed by atoms with van der Waals surface area (Å²) in [6.07, 6.45) is 2.36. The Labute approximate surface area is 88.8 Å². The van der Waals surface area contributed by atoms with Crippen molar-refractivity contribution >= 4 is 5.97 Å². The highest BCUT2D eigenvalue weighted by Gasteiger charge is 2.15. The first-order valence-electron chi connectivity index (χ1n) is 4.97. The Kier molecular flexibility index (Phi) is 5.31. The minimum absolute atomic E-state index is 0.0299. The zero-order valence-corrected chi connectivity index (χ0v) is 8.86. The highest BCUT2D eigenvalue weighted by atomic mass is 17.5. The number of hydrogen-bond acceptors (Lipinski definition) is 5. The molecule has 15 heavy (non-hydrogen) atoms. The van der Waals surface area contributed by atoms with Crippen LogP contribution in [-0.2, 0) is 24.3 Å². The van der Waals surface area contributed by atoms with Crippen LogP contribution < -0.4 is 0 Å². The molecule has 1 unspecified atom stereocenters. The summed E-state index contributed by atoms with van der Waals surface area (Å²) in [7, 11) is 0. The fraction of sp³-hybridized carbons (Fsp3) is 0.700. The van der Waals surface area contributed by atoms with Crippen molar-refractivity contribution in [3.05, 3.63) is 12.2 Å². The van der Waals surface area contributed by atoms with E-state index in [-0.39, 0.29) is 12.1 Å². The van der Waals surface area contributed by atoms with Crippen LogP contribution in [0.25, 0.3) is 0 Å². The minimum Gasteiger partial charge on any atom is -0.462 e. The van der Waals surface area contributed by atoms with Crippen LogP contribution in [-0.4, -0.2) is 25.3 Å². The number of hydrogen-bond donors (Lipinski definition) is 0. The molecule has 1 heterocycles. The number of carbonyl (C=O) groups excluding carboxylic acids is 1. The molecule has 1 atom stereocenters. The molecule has 5 nitrogen and oxygen atoms in total. The van der Waals surface area contributed by atoms with E-state index in [0.29, 0.717) is 18.8 Å². The molecule has 0 bridgehead atoms. The van der Waals surface area contributed by atoms with Gasteiger partial charge >= 0.3 is 5.97 Å². The molecule has 1 aliphatic heterocycles. The number of rotatable bonds is 5. The average Bonchev–Trinajstić information content (AvgIpc) is 2.25. The van der Waals surface area contributed by atoms with Crippen LogP contribution in [0.4, 0.5) is 0 Å². The standard InChI is InChI=1S/C10H16O5/c1-8(2)10(11)12-6-3-4-9-5-7-13-15-14-9/h9H,1,3-7H2,2H3. The second kappa shape index (κ2) is 6.55. The molecule has 0 aliphatic carbocycles. The maximum absolute atomic E-state index is 11.0. The van der Waals surface area contributed by atoms with Gasteiger partial charge in [0.15, 0.2) is 0 Å². The van der Waals surface area contributed by atoms with Crippen LogP contribution in [0.2, 0.25) is 0 Å². The van der Waals surface area contributed by atoms with Crippen LogP contribution in [0.15, 0.2) is 12.2 Å². The summed E-state index contributed by atoms with van der Waals surface area (Å²) in [6.45, 7) is 6.03. The topological polar surface area (TPSA) is 54.0 Å². The first-order chi connectivity index (χ1) is 7.20. The Bertz CT molecular complexity index is 220. The molecule has 0 aromatic heterocycles. The van der Waals surface area contributed by atoms with Gasteiger partial charge in [0.2, 0.25) is 0 Å². The molecule has 0 spiro atoms. The first kappa shape index (κ1) is 12.2. The molecule has 1 aliphatic rings. The first-order valence-corrected chi connectivity index (χ1v) is 4.97. The molecule has 0 amide bonds. The molecule has 0 saturated carbocycles. The van der Waals surface area contributed by atoms with Crippen molar-refractivity contribution in [2.45, 2.75) is 32.3 Å². The molecule has 1 saturated heterocycles. The van der Waals surface area contributed by atoms with Gasteiger partial charge in [0.05, 0.1) is 19.3 Å². The van der Waals surface area contributed by atoms with Crippen LogP contribution in [0.3, 0.4) is 0 Å². The van der Waals surface area contributed by atoms with Crippen molar-refractivity contribution in [1.29, 1.82) is 0 Å². The maximum Gasteiger partial charge on any atom is 0.333 e. The van der Waals surface area contributed by atoms with E-state index in [4.69, 9.17) is 9.62 Å². The zero-order valence-electron chi connectivity index (χ0n) is 8.86. The molecular formula is C10H16O5. The second-order valence-corrected chi connectivity index (χ2v) is 3.46. The lowest BCUT2D eigenvalue weighted by Gasteiger charge is -2.19. The summed E-state index contributed by atoms with van der Waals surface area (Å²) in [5.74, 6) is -0.348. The Hall–Kier alpha value is -0.910. The Morgan fingerprint density at radius 2 is 2.40 bits per heavy atom. The summed E-state index contributed by atoms with van der Waals surface area (Å²) in [6, 6.07) is 0. The number of ether oxygens (including phenoxy) is 1. The Morgan fingerprint density at radius 1 is 1.60 bits per heavy atom. The van der Waals surface area contributed by atoms with Gasteiger partial charge in [-0.25, -0.2) is 14.6 Å². The van der Waals surface area contributed by atoms with Crippen LogP contribution in [0, 0.1) is 0 Å². The molecule has 1 rings (SSSR count). The minimum atomic E-state index is -0.348. The van der Waals surface area contributed by atoms with Gasteiger partial charge in [-0.2, -0.15) is 0 Å². The average molecular weight is 216 g/mol. The van der Waals surface area contributed by atoms with E-state index < -0.39 is 0 Å². The summed E-state index contributed by atoms with van der Waals surface area (Å²) < 4.78 is 4.93. The van der Waals surface area contributed by atoms with Gasteiger partial charge in [0.1, 0.15) is 0 Å². The van der Waals surface area contributed by atoms with E-state index in [1.54, 1.807) is 6.92 Å². The fourth-order valence-corrected chi connectivity index (χ4v) is 1.14. The normalized spacial score (nSPS) is 21.0. The molecule has 0 aromatic rings. The zero-order chi connectivity index (χ0) is 11.1. The van der Waals surface area contributed by atoms with E-state index in [1.165, 1.54) is 0 Å². The summed E-state index contributed by atoms with van der Waals surface area (Å²) in [5, 5.41) is 4.38. The molecule has 1 fully saturated rings.